The van der Waals surface area contributed by atoms with E-state index < -0.39 is 10.2 Å². The second kappa shape index (κ2) is 7.25. The molecule has 0 amide bonds. The van der Waals surface area contributed by atoms with Crippen LogP contribution in [0.15, 0.2) is 42.5 Å². The van der Waals surface area contributed by atoms with Crippen LogP contribution in [0.2, 0.25) is 0 Å². The molecule has 4 rings (SSSR count). The van der Waals surface area contributed by atoms with E-state index in [1.165, 1.54) is 8.61 Å². The van der Waals surface area contributed by atoms with Gasteiger partial charge in [0.1, 0.15) is 5.75 Å². The molecule has 2 unspecified atom stereocenters. The molecule has 2 heterocycles. The molecule has 0 aromatic heterocycles. The molecule has 2 atom stereocenters. The van der Waals surface area contributed by atoms with Crippen molar-refractivity contribution in [3.8, 4) is 11.8 Å². The Kier molecular flexibility index (Phi) is 4.89. The van der Waals surface area contributed by atoms with Gasteiger partial charge < -0.3 is 9.64 Å². The van der Waals surface area contributed by atoms with Crippen molar-refractivity contribution in [2.45, 2.75) is 18.9 Å². The largest absolute Gasteiger partial charge is 0.497 e. The first-order chi connectivity index (χ1) is 13.9. The zero-order valence-electron chi connectivity index (χ0n) is 16.7. The third-order valence-corrected chi connectivity index (χ3v) is 7.75. The molecule has 2 aromatic carbocycles. The Morgan fingerprint density at radius 2 is 1.90 bits per heavy atom. The van der Waals surface area contributed by atoms with Gasteiger partial charge in [0, 0.05) is 38.4 Å². The first-order valence-electron chi connectivity index (χ1n) is 9.60. The quantitative estimate of drug-likeness (QED) is 0.772. The molecule has 2 aliphatic rings. The van der Waals surface area contributed by atoms with Crippen molar-refractivity contribution in [3.05, 3.63) is 53.6 Å². The smallest absolute Gasteiger partial charge is 0.303 e. The molecule has 0 radical (unpaired) electrons. The lowest BCUT2D eigenvalue weighted by Gasteiger charge is -2.28. The van der Waals surface area contributed by atoms with E-state index in [4.69, 9.17) is 4.74 Å². The van der Waals surface area contributed by atoms with Crippen molar-refractivity contribution < 1.29 is 13.2 Å². The van der Waals surface area contributed by atoms with Crippen LogP contribution < -0.4 is 13.9 Å². The summed E-state index contributed by atoms with van der Waals surface area (Å²) in [4.78, 5) is 2.21. The molecule has 8 heteroatoms. The van der Waals surface area contributed by atoms with Gasteiger partial charge in [-0.15, -0.1) is 0 Å². The van der Waals surface area contributed by atoms with E-state index in [9.17, 15) is 13.7 Å². The molecule has 1 saturated heterocycles. The third-order valence-electron chi connectivity index (χ3n) is 5.83. The minimum absolute atomic E-state index is 0.126. The fourth-order valence-electron chi connectivity index (χ4n) is 4.27. The van der Waals surface area contributed by atoms with Crippen molar-refractivity contribution in [2.24, 2.45) is 0 Å². The molecule has 2 aromatic rings. The van der Waals surface area contributed by atoms with Gasteiger partial charge in [-0.2, -0.15) is 18.0 Å². The van der Waals surface area contributed by atoms with E-state index in [-0.39, 0.29) is 12.0 Å². The van der Waals surface area contributed by atoms with Crippen molar-refractivity contribution >= 4 is 21.6 Å². The summed E-state index contributed by atoms with van der Waals surface area (Å²) in [5.41, 5.74) is 3.64. The van der Waals surface area contributed by atoms with Crippen LogP contribution in [-0.2, 0) is 10.2 Å². The highest BCUT2D eigenvalue weighted by atomic mass is 32.2. The number of nitrogens with zero attached hydrogens (tertiary/aromatic N) is 4. The summed E-state index contributed by atoms with van der Waals surface area (Å²) >= 11 is 0. The average molecular weight is 413 g/mol. The minimum atomic E-state index is -3.44. The fourth-order valence-corrected chi connectivity index (χ4v) is 5.62. The van der Waals surface area contributed by atoms with Crippen LogP contribution in [0.3, 0.4) is 0 Å². The number of nitriles is 1. The van der Waals surface area contributed by atoms with Crippen molar-refractivity contribution in [1.29, 1.82) is 5.26 Å². The van der Waals surface area contributed by atoms with E-state index in [1.54, 1.807) is 14.2 Å². The monoisotopic (exact) mass is 412 g/mol. The Hall–Kier alpha value is -2.76. The number of anilines is 2. The first kappa shape index (κ1) is 19.6. The standard InChI is InChI=1S/C21H24N4O3S/c1-4-24-20-13-17(28-3)9-10-18(20)19(14-22)21(24)15-5-7-16(8-6-15)25-12-11-23(2)29(25,26)27/h5-10,13,19,21H,4,11-12H2,1-3H3. The van der Waals surface area contributed by atoms with Crippen molar-refractivity contribution in [3.63, 3.8) is 0 Å². The zero-order chi connectivity index (χ0) is 20.8. The summed E-state index contributed by atoms with van der Waals surface area (Å²) in [6, 6.07) is 15.7. The number of methoxy groups -OCH3 is 1. The Balaban J connectivity index is 1.70. The molecule has 152 valence electrons. The van der Waals surface area contributed by atoms with Crippen LogP contribution in [0.25, 0.3) is 0 Å². The molecule has 0 N–H and O–H groups in total. The Bertz CT molecular complexity index is 1060. The summed E-state index contributed by atoms with van der Waals surface area (Å²) < 4.78 is 33.0. The van der Waals surface area contributed by atoms with E-state index in [1.807, 2.05) is 42.5 Å². The number of fused-ring (bicyclic) bond motifs is 1. The second-order valence-corrected chi connectivity index (χ2v) is 9.22. The van der Waals surface area contributed by atoms with Crippen LogP contribution in [0.1, 0.15) is 30.0 Å². The first-order valence-corrected chi connectivity index (χ1v) is 11.0. The molecular formula is C21H24N4O3S. The molecule has 7 nitrogen and oxygen atoms in total. The van der Waals surface area contributed by atoms with Gasteiger partial charge in [-0.05, 0) is 36.2 Å². The number of likely N-dealkylation sites (N-methyl/N-ethyl adjacent to an activating group) is 2. The van der Waals surface area contributed by atoms with Gasteiger partial charge in [0.05, 0.1) is 30.8 Å². The molecule has 2 aliphatic heterocycles. The van der Waals surface area contributed by atoms with E-state index >= 15 is 0 Å². The summed E-state index contributed by atoms with van der Waals surface area (Å²) in [7, 11) is -0.222. The van der Waals surface area contributed by atoms with Crippen molar-refractivity contribution in [1.82, 2.24) is 4.31 Å². The van der Waals surface area contributed by atoms with Gasteiger partial charge in [-0.1, -0.05) is 18.2 Å². The van der Waals surface area contributed by atoms with Crippen LogP contribution in [0.4, 0.5) is 11.4 Å². The SMILES string of the molecule is CCN1c2cc(OC)ccc2C(C#N)C1c1ccc(N2CCN(C)S2(=O)=O)cc1. The lowest BCUT2D eigenvalue weighted by molar-refractivity contribution is 0.415. The maximum atomic E-state index is 12.4. The fraction of sp³-hybridized carbons (Fsp3) is 0.381. The van der Waals surface area contributed by atoms with E-state index in [0.29, 0.717) is 18.8 Å². The predicted molar refractivity (Wildman–Crippen MR) is 112 cm³/mol. The topological polar surface area (TPSA) is 76.9 Å². The average Bonchev–Trinajstić information content (AvgIpc) is 3.20. The summed E-state index contributed by atoms with van der Waals surface area (Å²) in [5, 5.41) is 9.91. The Morgan fingerprint density at radius 3 is 2.45 bits per heavy atom. The molecule has 0 bridgehead atoms. The highest BCUT2D eigenvalue weighted by Crippen LogP contribution is 2.49. The van der Waals surface area contributed by atoms with E-state index in [0.717, 1.165) is 29.1 Å². The van der Waals surface area contributed by atoms with Crippen LogP contribution >= 0.6 is 0 Å². The lowest BCUT2D eigenvalue weighted by atomic mass is 9.91. The summed E-state index contributed by atoms with van der Waals surface area (Å²) in [6.45, 7) is 3.73. The molecule has 0 spiro atoms. The Labute approximate surface area is 171 Å². The van der Waals surface area contributed by atoms with Crippen molar-refractivity contribution in [2.75, 3.05) is 43.0 Å². The highest BCUT2D eigenvalue weighted by Gasteiger charge is 2.39. The zero-order valence-corrected chi connectivity index (χ0v) is 17.6. The van der Waals surface area contributed by atoms with E-state index in [2.05, 4.69) is 17.9 Å². The van der Waals surface area contributed by atoms with Crippen LogP contribution in [0.5, 0.6) is 5.75 Å². The molecule has 1 fully saturated rings. The number of hydrogen-bond acceptors (Lipinski definition) is 5. The predicted octanol–water partition coefficient (Wildman–Crippen LogP) is 2.88. The molecule has 0 saturated carbocycles. The van der Waals surface area contributed by atoms with Gasteiger partial charge >= 0.3 is 10.2 Å². The maximum Gasteiger partial charge on any atom is 0.303 e. The van der Waals surface area contributed by atoms with Crippen LogP contribution in [0, 0.1) is 11.3 Å². The number of rotatable bonds is 4. The van der Waals surface area contributed by atoms with Gasteiger partial charge in [-0.3, -0.25) is 4.31 Å². The normalized spacial score (nSPS) is 23.1. The summed E-state index contributed by atoms with van der Waals surface area (Å²) in [5.74, 6) is 0.460. The number of ether oxygens (including phenoxy) is 1. The lowest BCUT2D eigenvalue weighted by Crippen LogP contribution is -2.30. The minimum Gasteiger partial charge on any atom is -0.497 e. The maximum absolute atomic E-state index is 12.4. The Morgan fingerprint density at radius 1 is 1.17 bits per heavy atom. The van der Waals surface area contributed by atoms with Crippen LogP contribution in [-0.4, -0.2) is 46.5 Å². The number of hydrogen-bond donors (Lipinski definition) is 0. The van der Waals surface area contributed by atoms with Gasteiger partial charge in [0.15, 0.2) is 0 Å². The highest BCUT2D eigenvalue weighted by molar-refractivity contribution is 7.90. The van der Waals surface area contributed by atoms with Gasteiger partial charge in [-0.25, -0.2) is 0 Å². The third kappa shape index (κ3) is 3.02. The molecule has 29 heavy (non-hydrogen) atoms. The number of benzene rings is 2. The molecule has 0 aliphatic carbocycles. The summed E-state index contributed by atoms with van der Waals surface area (Å²) in [6.07, 6.45) is 0. The molecular weight excluding hydrogens is 388 g/mol. The second-order valence-electron chi connectivity index (χ2n) is 7.26. The van der Waals surface area contributed by atoms with Gasteiger partial charge in [0.25, 0.3) is 0 Å². The van der Waals surface area contributed by atoms with Gasteiger partial charge in [0.2, 0.25) is 0 Å².